The van der Waals surface area contributed by atoms with Gasteiger partial charge in [-0.05, 0) is 53.9 Å². The number of nitrogens with one attached hydrogen (secondary N) is 1. The fourth-order valence-electron chi connectivity index (χ4n) is 2.41. The number of benzene rings is 3. The molecule has 0 aromatic heterocycles. The molecule has 0 aliphatic carbocycles. The highest BCUT2D eigenvalue weighted by atomic mass is 19.1. The van der Waals surface area contributed by atoms with Crippen molar-refractivity contribution < 1.29 is 9.13 Å². The maximum Gasteiger partial charge on any atom is 0.123 e. The van der Waals surface area contributed by atoms with Gasteiger partial charge in [0.1, 0.15) is 18.2 Å². The first-order valence-electron chi connectivity index (χ1n) is 8.05. The highest BCUT2D eigenvalue weighted by Crippen LogP contribution is 2.15. The number of halogens is 1. The summed E-state index contributed by atoms with van der Waals surface area (Å²) in [7, 11) is 0. The summed E-state index contributed by atoms with van der Waals surface area (Å²) >= 11 is 0. The zero-order valence-corrected chi connectivity index (χ0v) is 13.4. The Morgan fingerprint density at radius 3 is 2.17 bits per heavy atom. The molecular weight excluding hydrogens is 301 g/mol. The predicted octanol–water partition coefficient (Wildman–Crippen LogP) is 5.06. The van der Waals surface area contributed by atoms with Crippen LogP contribution in [0.4, 0.5) is 10.1 Å². The molecule has 0 heterocycles. The molecule has 3 aromatic carbocycles. The van der Waals surface area contributed by atoms with Gasteiger partial charge in [0.05, 0.1) is 0 Å². The summed E-state index contributed by atoms with van der Waals surface area (Å²) in [5, 5.41) is 3.28. The maximum absolute atomic E-state index is 12.8. The Kier molecular flexibility index (Phi) is 5.46. The van der Waals surface area contributed by atoms with Gasteiger partial charge in [0.25, 0.3) is 0 Å². The second-order valence-corrected chi connectivity index (χ2v) is 5.60. The molecule has 1 N–H and O–H groups in total. The zero-order chi connectivity index (χ0) is 16.6. The van der Waals surface area contributed by atoms with Crippen molar-refractivity contribution in [2.45, 2.75) is 13.0 Å². The van der Waals surface area contributed by atoms with Crippen LogP contribution in [0.1, 0.15) is 11.1 Å². The molecule has 0 unspecified atom stereocenters. The van der Waals surface area contributed by atoms with Crippen molar-refractivity contribution in [1.29, 1.82) is 0 Å². The Balaban J connectivity index is 1.45. The molecule has 0 saturated carbocycles. The fraction of sp³-hybridized carbons (Fsp3) is 0.143. The van der Waals surface area contributed by atoms with Crippen molar-refractivity contribution in [3.63, 3.8) is 0 Å². The van der Waals surface area contributed by atoms with Crippen LogP contribution in [0.15, 0.2) is 78.9 Å². The molecule has 0 spiro atoms. The van der Waals surface area contributed by atoms with Crippen LogP contribution in [0.5, 0.6) is 5.75 Å². The van der Waals surface area contributed by atoms with E-state index in [0.29, 0.717) is 6.61 Å². The normalized spacial score (nSPS) is 10.4. The standard InChI is InChI=1S/C21H20FNO/c22-19-8-10-20(11-9-19)23-15-14-17-6-12-21(13-7-17)24-16-18-4-2-1-3-5-18/h1-13,23H,14-16H2. The van der Waals surface area contributed by atoms with E-state index in [0.717, 1.165) is 30.0 Å². The lowest BCUT2D eigenvalue weighted by Crippen LogP contribution is -2.04. The van der Waals surface area contributed by atoms with Gasteiger partial charge >= 0.3 is 0 Å². The minimum absolute atomic E-state index is 0.216. The Morgan fingerprint density at radius 2 is 1.46 bits per heavy atom. The monoisotopic (exact) mass is 321 g/mol. The lowest BCUT2D eigenvalue weighted by molar-refractivity contribution is 0.306. The third kappa shape index (κ3) is 4.85. The largest absolute Gasteiger partial charge is 0.489 e. The van der Waals surface area contributed by atoms with Crippen molar-refractivity contribution in [3.05, 3.63) is 95.8 Å². The number of hydrogen-bond donors (Lipinski definition) is 1. The Hall–Kier alpha value is -2.81. The third-order valence-corrected chi connectivity index (χ3v) is 3.76. The van der Waals surface area contributed by atoms with E-state index in [9.17, 15) is 4.39 Å². The van der Waals surface area contributed by atoms with Gasteiger partial charge in [-0.25, -0.2) is 4.39 Å². The smallest absolute Gasteiger partial charge is 0.123 e. The molecule has 0 amide bonds. The average molecular weight is 321 g/mol. The average Bonchev–Trinajstić information content (AvgIpc) is 2.64. The quantitative estimate of drug-likeness (QED) is 0.657. The second kappa shape index (κ2) is 8.16. The van der Waals surface area contributed by atoms with Crippen molar-refractivity contribution in [2.75, 3.05) is 11.9 Å². The molecule has 0 atom stereocenters. The van der Waals surface area contributed by atoms with Crippen molar-refractivity contribution >= 4 is 5.69 Å². The van der Waals surface area contributed by atoms with Gasteiger partial charge in [0, 0.05) is 12.2 Å². The van der Waals surface area contributed by atoms with E-state index >= 15 is 0 Å². The number of rotatable bonds is 7. The highest BCUT2D eigenvalue weighted by molar-refractivity contribution is 5.43. The molecule has 3 aromatic rings. The van der Waals surface area contributed by atoms with Gasteiger partial charge < -0.3 is 10.1 Å². The first-order chi connectivity index (χ1) is 11.8. The molecule has 0 aliphatic rings. The Morgan fingerprint density at radius 1 is 0.750 bits per heavy atom. The lowest BCUT2D eigenvalue weighted by Gasteiger charge is -2.09. The van der Waals surface area contributed by atoms with Gasteiger partial charge in [-0.15, -0.1) is 0 Å². The molecule has 122 valence electrons. The van der Waals surface area contributed by atoms with Gasteiger partial charge in [-0.3, -0.25) is 0 Å². The predicted molar refractivity (Wildman–Crippen MR) is 95.8 cm³/mol. The summed E-state index contributed by atoms with van der Waals surface area (Å²) in [4.78, 5) is 0. The maximum atomic E-state index is 12.8. The van der Waals surface area contributed by atoms with Crippen LogP contribution in [0.3, 0.4) is 0 Å². The fourth-order valence-corrected chi connectivity index (χ4v) is 2.41. The van der Waals surface area contributed by atoms with Gasteiger partial charge in [0.15, 0.2) is 0 Å². The van der Waals surface area contributed by atoms with Gasteiger partial charge in [0.2, 0.25) is 0 Å². The zero-order valence-electron chi connectivity index (χ0n) is 13.4. The summed E-state index contributed by atoms with van der Waals surface area (Å²) in [5.41, 5.74) is 3.32. The molecule has 24 heavy (non-hydrogen) atoms. The Labute approximate surface area is 141 Å². The minimum atomic E-state index is -0.216. The molecule has 0 bridgehead atoms. The minimum Gasteiger partial charge on any atom is -0.489 e. The van der Waals surface area contributed by atoms with Gasteiger partial charge in [-0.2, -0.15) is 0 Å². The summed E-state index contributed by atoms with van der Waals surface area (Å²) in [5.74, 6) is 0.653. The molecule has 0 radical (unpaired) electrons. The van der Waals surface area contributed by atoms with Crippen LogP contribution < -0.4 is 10.1 Å². The van der Waals surface area contributed by atoms with Crippen molar-refractivity contribution in [2.24, 2.45) is 0 Å². The molecule has 3 heteroatoms. The summed E-state index contributed by atoms with van der Waals surface area (Å²) in [6.45, 7) is 1.38. The van der Waals surface area contributed by atoms with E-state index in [2.05, 4.69) is 29.6 Å². The van der Waals surface area contributed by atoms with Gasteiger partial charge in [-0.1, -0.05) is 42.5 Å². The highest BCUT2D eigenvalue weighted by Gasteiger charge is 1.98. The first-order valence-corrected chi connectivity index (χ1v) is 8.05. The molecule has 0 saturated heterocycles. The van der Waals surface area contributed by atoms with E-state index in [1.165, 1.54) is 17.7 Å². The summed E-state index contributed by atoms with van der Waals surface area (Å²) < 4.78 is 18.6. The van der Waals surface area contributed by atoms with Crippen LogP contribution in [0.2, 0.25) is 0 Å². The van der Waals surface area contributed by atoms with Crippen LogP contribution >= 0.6 is 0 Å². The topological polar surface area (TPSA) is 21.3 Å². The second-order valence-electron chi connectivity index (χ2n) is 5.60. The molecule has 3 rings (SSSR count). The van der Waals surface area contributed by atoms with Crippen LogP contribution in [0.25, 0.3) is 0 Å². The first kappa shape index (κ1) is 16.1. The number of hydrogen-bond acceptors (Lipinski definition) is 2. The van der Waals surface area contributed by atoms with Crippen molar-refractivity contribution in [3.8, 4) is 5.75 Å². The van der Waals surface area contributed by atoms with E-state index in [1.54, 1.807) is 12.1 Å². The van der Waals surface area contributed by atoms with E-state index < -0.39 is 0 Å². The third-order valence-electron chi connectivity index (χ3n) is 3.76. The SMILES string of the molecule is Fc1ccc(NCCc2ccc(OCc3ccccc3)cc2)cc1. The van der Waals surface area contributed by atoms with Crippen molar-refractivity contribution in [1.82, 2.24) is 0 Å². The molecule has 0 fully saturated rings. The van der Waals surface area contributed by atoms with E-state index in [1.807, 2.05) is 30.3 Å². The molecular formula is C21H20FNO. The molecule has 2 nitrogen and oxygen atoms in total. The van der Waals surface area contributed by atoms with Crippen LogP contribution in [0, 0.1) is 5.82 Å². The number of anilines is 1. The summed E-state index contributed by atoms with van der Waals surface area (Å²) in [6.07, 6.45) is 0.899. The number of ether oxygens (including phenoxy) is 1. The van der Waals surface area contributed by atoms with Crippen LogP contribution in [-0.4, -0.2) is 6.54 Å². The summed E-state index contributed by atoms with van der Waals surface area (Å²) in [6, 6.07) is 24.7. The van der Waals surface area contributed by atoms with Crippen LogP contribution in [-0.2, 0) is 13.0 Å². The van der Waals surface area contributed by atoms with E-state index in [4.69, 9.17) is 4.74 Å². The Bertz CT molecular complexity index is 739. The van der Waals surface area contributed by atoms with E-state index in [-0.39, 0.29) is 5.82 Å². The molecule has 0 aliphatic heterocycles. The lowest BCUT2D eigenvalue weighted by atomic mass is 10.1.